The maximum Gasteiger partial charge on any atom is 0.270 e. The molecule has 0 aliphatic carbocycles. The Morgan fingerprint density at radius 1 is 1.03 bits per heavy atom. The lowest BCUT2D eigenvalue weighted by Crippen LogP contribution is -2.25. The van der Waals surface area contributed by atoms with Crippen LogP contribution in [0.3, 0.4) is 0 Å². The molecule has 0 atom stereocenters. The molecule has 7 heteroatoms. The van der Waals surface area contributed by atoms with Crippen LogP contribution < -0.4 is 10.1 Å². The standard InChI is InChI=1S/C24H23N3O4/c1-29-14-15-30-20-11-9-18(10-12-20)17-25-24(28)22-16-21(23-8-5-13-31-23)26-27(22)19-6-3-2-4-7-19/h2-13,16H,14-15,17H2,1H3,(H,25,28). The van der Waals surface area contributed by atoms with Gasteiger partial charge >= 0.3 is 0 Å². The molecule has 0 saturated heterocycles. The molecule has 0 saturated carbocycles. The molecular weight excluding hydrogens is 394 g/mol. The minimum Gasteiger partial charge on any atom is -0.491 e. The Labute approximate surface area is 180 Å². The van der Waals surface area contributed by atoms with Crippen molar-refractivity contribution in [3.8, 4) is 22.9 Å². The Morgan fingerprint density at radius 2 is 1.84 bits per heavy atom. The largest absolute Gasteiger partial charge is 0.491 e. The van der Waals surface area contributed by atoms with E-state index in [1.807, 2.05) is 60.7 Å². The monoisotopic (exact) mass is 417 g/mol. The number of benzene rings is 2. The van der Waals surface area contributed by atoms with Crippen molar-refractivity contribution in [3.05, 3.63) is 90.3 Å². The molecule has 0 aliphatic rings. The van der Waals surface area contributed by atoms with Crippen LogP contribution in [0.4, 0.5) is 0 Å². The molecule has 4 aromatic rings. The molecular formula is C24H23N3O4. The fourth-order valence-corrected chi connectivity index (χ4v) is 3.07. The summed E-state index contributed by atoms with van der Waals surface area (Å²) in [5.41, 5.74) is 2.78. The van der Waals surface area contributed by atoms with Crippen molar-refractivity contribution >= 4 is 5.91 Å². The molecule has 158 valence electrons. The number of carbonyl (C=O) groups is 1. The Kier molecular flexibility index (Phi) is 6.44. The highest BCUT2D eigenvalue weighted by Gasteiger charge is 2.18. The average Bonchev–Trinajstić information content (AvgIpc) is 3.49. The average molecular weight is 417 g/mol. The van der Waals surface area contributed by atoms with E-state index in [9.17, 15) is 4.79 Å². The molecule has 7 nitrogen and oxygen atoms in total. The van der Waals surface area contributed by atoms with E-state index in [2.05, 4.69) is 10.4 Å². The number of methoxy groups -OCH3 is 1. The number of hydrogen-bond donors (Lipinski definition) is 1. The summed E-state index contributed by atoms with van der Waals surface area (Å²) in [6.45, 7) is 1.41. The number of furan rings is 1. The first-order valence-corrected chi connectivity index (χ1v) is 9.93. The molecule has 1 amide bonds. The van der Waals surface area contributed by atoms with Crippen LogP contribution in [-0.4, -0.2) is 36.0 Å². The van der Waals surface area contributed by atoms with Gasteiger partial charge in [-0.05, 0) is 42.0 Å². The highest BCUT2D eigenvalue weighted by Crippen LogP contribution is 2.22. The molecule has 0 fully saturated rings. The van der Waals surface area contributed by atoms with E-state index in [0.29, 0.717) is 36.9 Å². The zero-order valence-corrected chi connectivity index (χ0v) is 17.2. The molecule has 0 radical (unpaired) electrons. The molecule has 31 heavy (non-hydrogen) atoms. The summed E-state index contributed by atoms with van der Waals surface area (Å²) in [5.74, 6) is 1.14. The van der Waals surface area contributed by atoms with Gasteiger partial charge in [-0.25, -0.2) is 4.68 Å². The first-order valence-electron chi connectivity index (χ1n) is 9.93. The molecule has 0 unspecified atom stereocenters. The van der Waals surface area contributed by atoms with Gasteiger partial charge in [-0.3, -0.25) is 4.79 Å². The summed E-state index contributed by atoms with van der Waals surface area (Å²) in [5, 5.41) is 7.55. The van der Waals surface area contributed by atoms with Gasteiger partial charge in [0.05, 0.1) is 18.6 Å². The fourth-order valence-electron chi connectivity index (χ4n) is 3.07. The van der Waals surface area contributed by atoms with Gasteiger partial charge in [0.1, 0.15) is 23.7 Å². The zero-order chi connectivity index (χ0) is 21.5. The summed E-state index contributed by atoms with van der Waals surface area (Å²) in [6.07, 6.45) is 1.58. The van der Waals surface area contributed by atoms with Crippen LogP contribution in [0.1, 0.15) is 16.1 Å². The van der Waals surface area contributed by atoms with E-state index < -0.39 is 0 Å². The molecule has 0 bridgehead atoms. The van der Waals surface area contributed by atoms with Gasteiger partial charge in [0.15, 0.2) is 5.76 Å². The van der Waals surface area contributed by atoms with Crippen molar-refractivity contribution in [2.24, 2.45) is 0 Å². The summed E-state index contributed by atoms with van der Waals surface area (Å²) in [6, 6.07) is 22.5. The lowest BCUT2D eigenvalue weighted by atomic mass is 10.2. The van der Waals surface area contributed by atoms with Gasteiger partial charge in [0.2, 0.25) is 0 Å². The smallest absolute Gasteiger partial charge is 0.270 e. The second-order valence-electron chi connectivity index (χ2n) is 6.81. The number of aromatic nitrogens is 2. The van der Waals surface area contributed by atoms with Crippen LogP contribution in [-0.2, 0) is 11.3 Å². The highest BCUT2D eigenvalue weighted by molar-refractivity contribution is 5.94. The molecule has 2 heterocycles. The van der Waals surface area contributed by atoms with Crippen molar-refractivity contribution in [2.75, 3.05) is 20.3 Å². The summed E-state index contributed by atoms with van der Waals surface area (Å²) >= 11 is 0. The Bertz CT molecular complexity index is 1100. The second-order valence-corrected chi connectivity index (χ2v) is 6.81. The number of ether oxygens (including phenoxy) is 2. The van der Waals surface area contributed by atoms with Crippen molar-refractivity contribution in [1.29, 1.82) is 0 Å². The van der Waals surface area contributed by atoms with Crippen molar-refractivity contribution in [1.82, 2.24) is 15.1 Å². The summed E-state index contributed by atoms with van der Waals surface area (Å²) in [4.78, 5) is 13.0. The van der Waals surface area contributed by atoms with Gasteiger partial charge in [-0.1, -0.05) is 30.3 Å². The number of nitrogens with one attached hydrogen (secondary N) is 1. The van der Waals surface area contributed by atoms with Crippen LogP contribution in [0.15, 0.2) is 83.5 Å². The van der Waals surface area contributed by atoms with Crippen LogP contribution in [0.5, 0.6) is 5.75 Å². The van der Waals surface area contributed by atoms with Crippen molar-refractivity contribution < 1.29 is 18.7 Å². The first kappa shape index (κ1) is 20.4. The molecule has 0 spiro atoms. The number of carbonyl (C=O) groups excluding carboxylic acids is 1. The van der Waals surface area contributed by atoms with E-state index in [4.69, 9.17) is 13.9 Å². The predicted molar refractivity (Wildman–Crippen MR) is 116 cm³/mol. The second kappa shape index (κ2) is 9.77. The Morgan fingerprint density at radius 3 is 2.55 bits per heavy atom. The zero-order valence-electron chi connectivity index (χ0n) is 17.2. The lowest BCUT2D eigenvalue weighted by Gasteiger charge is -2.09. The normalized spacial score (nSPS) is 10.7. The number of nitrogens with zero attached hydrogens (tertiary/aromatic N) is 2. The van der Waals surface area contributed by atoms with E-state index in [1.165, 1.54) is 0 Å². The van der Waals surface area contributed by atoms with E-state index in [0.717, 1.165) is 17.0 Å². The molecule has 4 rings (SSSR count). The molecule has 0 aliphatic heterocycles. The van der Waals surface area contributed by atoms with Crippen LogP contribution in [0.2, 0.25) is 0 Å². The van der Waals surface area contributed by atoms with Gasteiger partial charge in [-0.2, -0.15) is 5.10 Å². The van der Waals surface area contributed by atoms with Crippen LogP contribution >= 0.6 is 0 Å². The predicted octanol–water partition coefficient (Wildman–Crippen LogP) is 4.09. The third kappa shape index (κ3) is 5.02. The van der Waals surface area contributed by atoms with Gasteiger partial charge < -0.3 is 19.2 Å². The fraction of sp³-hybridized carbons (Fsp3) is 0.167. The minimum absolute atomic E-state index is 0.227. The first-order chi connectivity index (χ1) is 15.2. The van der Waals surface area contributed by atoms with E-state index in [1.54, 1.807) is 30.2 Å². The van der Waals surface area contributed by atoms with E-state index in [-0.39, 0.29) is 5.91 Å². The molecule has 2 aromatic carbocycles. The Hall–Kier alpha value is -3.84. The van der Waals surface area contributed by atoms with Crippen molar-refractivity contribution in [3.63, 3.8) is 0 Å². The summed E-state index contributed by atoms with van der Waals surface area (Å²) in [7, 11) is 1.64. The Balaban J connectivity index is 1.49. The van der Waals surface area contributed by atoms with Crippen LogP contribution in [0.25, 0.3) is 17.1 Å². The third-order valence-corrected chi connectivity index (χ3v) is 4.65. The maximum absolute atomic E-state index is 13.0. The number of amides is 1. The minimum atomic E-state index is -0.227. The number of hydrogen-bond acceptors (Lipinski definition) is 5. The number of rotatable bonds is 9. The lowest BCUT2D eigenvalue weighted by molar-refractivity contribution is 0.0943. The maximum atomic E-state index is 13.0. The summed E-state index contributed by atoms with van der Waals surface area (Å²) < 4.78 is 17.6. The SMILES string of the molecule is COCCOc1ccc(CNC(=O)c2cc(-c3ccco3)nn2-c2ccccc2)cc1. The highest BCUT2D eigenvalue weighted by atomic mass is 16.5. The van der Waals surface area contributed by atoms with E-state index >= 15 is 0 Å². The topological polar surface area (TPSA) is 78.5 Å². The van der Waals surface area contributed by atoms with Gasteiger partial charge in [0, 0.05) is 19.7 Å². The molecule has 2 aromatic heterocycles. The van der Waals surface area contributed by atoms with Gasteiger partial charge in [-0.15, -0.1) is 0 Å². The van der Waals surface area contributed by atoms with Crippen molar-refractivity contribution in [2.45, 2.75) is 6.54 Å². The van der Waals surface area contributed by atoms with Crippen LogP contribution in [0, 0.1) is 0 Å². The quantitative estimate of drug-likeness (QED) is 0.415. The number of para-hydroxylation sites is 1. The molecule has 1 N–H and O–H groups in total. The van der Waals surface area contributed by atoms with Gasteiger partial charge in [0.25, 0.3) is 5.91 Å². The third-order valence-electron chi connectivity index (χ3n) is 4.65.